The number of benzene rings is 1. The molecule has 0 aliphatic carbocycles. The van der Waals surface area contributed by atoms with Gasteiger partial charge in [0.1, 0.15) is 5.82 Å². The average molecular weight is 219 g/mol. The molecule has 0 aliphatic rings. The topological polar surface area (TPSA) is 43.8 Å². The Morgan fingerprint density at radius 3 is 2.62 bits per heavy atom. The minimum Gasteiger partial charge on any atom is -0.326 e. The Balaban J connectivity index is 2.21. The van der Waals surface area contributed by atoms with Crippen LogP contribution in [0.4, 0.5) is 4.39 Å². The largest absolute Gasteiger partial charge is 0.326 e. The molecule has 0 unspecified atom stereocenters. The molecule has 84 valence electrons. The first-order valence-electron chi connectivity index (χ1n) is 5.19. The van der Waals surface area contributed by atoms with Crippen LogP contribution in [0, 0.1) is 5.82 Å². The Morgan fingerprint density at radius 1 is 1.31 bits per heavy atom. The van der Waals surface area contributed by atoms with Crippen molar-refractivity contribution in [3.05, 3.63) is 42.5 Å². The molecule has 1 aromatic heterocycles. The van der Waals surface area contributed by atoms with Gasteiger partial charge in [-0.25, -0.2) is 4.39 Å². The van der Waals surface area contributed by atoms with E-state index in [9.17, 15) is 4.39 Å². The summed E-state index contributed by atoms with van der Waals surface area (Å²) in [6.07, 6.45) is 3.67. The quantitative estimate of drug-likeness (QED) is 0.858. The lowest BCUT2D eigenvalue weighted by atomic mass is 10.1. The fraction of sp³-hybridized carbons (Fsp3) is 0.250. The van der Waals surface area contributed by atoms with Gasteiger partial charge in [0, 0.05) is 17.8 Å². The van der Waals surface area contributed by atoms with Crippen molar-refractivity contribution in [1.29, 1.82) is 0 Å². The van der Waals surface area contributed by atoms with Crippen LogP contribution in [-0.4, -0.2) is 15.8 Å². The number of nitrogens with zero attached hydrogens (tertiary/aromatic N) is 2. The van der Waals surface area contributed by atoms with Crippen molar-refractivity contribution in [3.63, 3.8) is 0 Å². The van der Waals surface area contributed by atoms with Gasteiger partial charge in [-0.1, -0.05) is 12.1 Å². The number of hydrogen-bond donors (Lipinski definition) is 1. The molecule has 2 N–H and O–H groups in total. The van der Waals surface area contributed by atoms with E-state index in [2.05, 4.69) is 5.10 Å². The molecule has 0 fully saturated rings. The summed E-state index contributed by atoms with van der Waals surface area (Å²) in [4.78, 5) is 0. The first-order valence-corrected chi connectivity index (χ1v) is 5.19. The third-order valence-electron chi connectivity index (χ3n) is 2.29. The summed E-state index contributed by atoms with van der Waals surface area (Å²) in [5.41, 5.74) is 7.61. The summed E-state index contributed by atoms with van der Waals surface area (Å²) >= 11 is 0. The highest BCUT2D eigenvalue weighted by Gasteiger charge is 2.03. The van der Waals surface area contributed by atoms with Gasteiger partial charge in [-0.2, -0.15) is 5.10 Å². The average Bonchev–Trinajstić information content (AvgIpc) is 2.66. The zero-order valence-electron chi connectivity index (χ0n) is 9.10. The smallest absolute Gasteiger partial charge is 0.123 e. The van der Waals surface area contributed by atoms with Gasteiger partial charge in [-0.15, -0.1) is 0 Å². The molecule has 2 rings (SSSR count). The van der Waals surface area contributed by atoms with Crippen molar-refractivity contribution in [3.8, 4) is 11.1 Å². The predicted molar refractivity (Wildman–Crippen MR) is 61.3 cm³/mol. The highest BCUT2D eigenvalue weighted by molar-refractivity contribution is 5.61. The van der Waals surface area contributed by atoms with Crippen molar-refractivity contribution in [2.24, 2.45) is 5.73 Å². The van der Waals surface area contributed by atoms with Crippen LogP contribution < -0.4 is 5.73 Å². The molecule has 0 radical (unpaired) electrons. The summed E-state index contributed by atoms with van der Waals surface area (Å²) in [6, 6.07) is 6.43. The van der Waals surface area contributed by atoms with Crippen LogP contribution in [0.1, 0.15) is 6.92 Å². The van der Waals surface area contributed by atoms with Crippen LogP contribution in [0.3, 0.4) is 0 Å². The molecule has 0 saturated heterocycles. The molecule has 4 heteroatoms. The number of rotatable bonds is 3. The summed E-state index contributed by atoms with van der Waals surface area (Å²) < 4.78 is 14.5. The predicted octanol–water partition coefficient (Wildman–Crippen LogP) is 2.04. The van der Waals surface area contributed by atoms with E-state index < -0.39 is 0 Å². The maximum Gasteiger partial charge on any atom is 0.123 e. The van der Waals surface area contributed by atoms with Gasteiger partial charge in [0.15, 0.2) is 0 Å². The number of aromatic nitrogens is 2. The second-order valence-electron chi connectivity index (χ2n) is 3.94. The lowest BCUT2D eigenvalue weighted by molar-refractivity contribution is 0.539. The van der Waals surface area contributed by atoms with Crippen molar-refractivity contribution < 1.29 is 4.39 Å². The number of nitrogens with two attached hydrogens (primary N) is 1. The normalized spacial score (nSPS) is 12.7. The number of hydrogen-bond acceptors (Lipinski definition) is 2. The third kappa shape index (κ3) is 2.46. The van der Waals surface area contributed by atoms with Crippen molar-refractivity contribution >= 4 is 0 Å². The van der Waals surface area contributed by atoms with Crippen molar-refractivity contribution in [2.45, 2.75) is 19.5 Å². The van der Waals surface area contributed by atoms with E-state index >= 15 is 0 Å². The fourth-order valence-electron chi connectivity index (χ4n) is 1.55. The first kappa shape index (κ1) is 10.8. The summed E-state index contributed by atoms with van der Waals surface area (Å²) in [5.74, 6) is -0.230. The molecule has 2 aromatic rings. The Bertz CT molecular complexity index is 459. The van der Waals surface area contributed by atoms with E-state index in [4.69, 9.17) is 5.73 Å². The Morgan fingerprint density at radius 2 is 2.00 bits per heavy atom. The summed E-state index contributed by atoms with van der Waals surface area (Å²) in [7, 11) is 0. The van der Waals surface area contributed by atoms with Crippen LogP contribution in [-0.2, 0) is 6.54 Å². The lowest BCUT2D eigenvalue weighted by Gasteiger charge is -2.03. The Labute approximate surface area is 93.7 Å². The summed E-state index contributed by atoms with van der Waals surface area (Å²) in [5, 5.41) is 4.20. The first-order chi connectivity index (χ1) is 7.65. The highest BCUT2D eigenvalue weighted by Crippen LogP contribution is 2.18. The van der Waals surface area contributed by atoms with Crippen LogP contribution in [0.5, 0.6) is 0 Å². The molecule has 0 saturated carbocycles. The SMILES string of the molecule is C[C@H](N)Cn1cc(-c2ccc(F)cc2)cn1. The molecule has 0 aliphatic heterocycles. The molecular weight excluding hydrogens is 205 g/mol. The molecule has 0 spiro atoms. The van der Waals surface area contributed by atoms with E-state index in [1.807, 2.05) is 13.1 Å². The van der Waals surface area contributed by atoms with Gasteiger partial charge in [0.2, 0.25) is 0 Å². The zero-order chi connectivity index (χ0) is 11.5. The van der Waals surface area contributed by atoms with Gasteiger partial charge in [0.05, 0.1) is 12.7 Å². The van der Waals surface area contributed by atoms with Crippen molar-refractivity contribution in [2.75, 3.05) is 0 Å². The second-order valence-corrected chi connectivity index (χ2v) is 3.94. The highest BCUT2D eigenvalue weighted by atomic mass is 19.1. The van der Waals surface area contributed by atoms with E-state index in [0.29, 0.717) is 6.54 Å². The molecule has 1 heterocycles. The van der Waals surface area contributed by atoms with E-state index in [-0.39, 0.29) is 11.9 Å². The van der Waals surface area contributed by atoms with Crippen LogP contribution in [0.25, 0.3) is 11.1 Å². The monoisotopic (exact) mass is 219 g/mol. The van der Waals surface area contributed by atoms with Crippen molar-refractivity contribution in [1.82, 2.24) is 9.78 Å². The molecule has 16 heavy (non-hydrogen) atoms. The molecule has 0 amide bonds. The zero-order valence-corrected chi connectivity index (χ0v) is 9.10. The maximum absolute atomic E-state index is 12.7. The minimum absolute atomic E-state index is 0.0703. The number of halogens is 1. The van der Waals surface area contributed by atoms with Gasteiger partial charge in [-0.05, 0) is 24.6 Å². The van der Waals surface area contributed by atoms with Gasteiger partial charge < -0.3 is 5.73 Å². The van der Waals surface area contributed by atoms with Crippen LogP contribution >= 0.6 is 0 Å². The van der Waals surface area contributed by atoms with Gasteiger partial charge in [-0.3, -0.25) is 4.68 Å². The Hall–Kier alpha value is -1.68. The standard InChI is InChI=1S/C12H14FN3/c1-9(14)7-16-8-11(6-15-16)10-2-4-12(13)5-3-10/h2-6,8-9H,7,14H2,1H3/t9-/m0/s1. The van der Waals surface area contributed by atoms with E-state index in [0.717, 1.165) is 11.1 Å². The minimum atomic E-state index is -0.230. The Kier molecular flexibility index (Phi) is 3.01. The van der Waals surface area contributed by atoms with E-state index in [1.165, 1.54) is 12.1 Å². The third-order valence-corrected chi connectivity index (χ3v) is 2.29. The lowest BCUT2D eigenvalue weighted by Crippen LogP contribution is -2.22. The fourth-order valence-corrected chi connectivity index (χ4v) is 1.55. The molecule has 3 nitrogen and oxygen atoms in total. The van der Waals surface area contributed by atoms with Gasteiger partial charge in [0.25, 0.3) is 0 Å². The van der Waals surface area contributed by atoms with Crippen LogP contribution in [0.2, 0.25) is 0 Å². The van der Waals surface area contributed by atoms with E-state index in [1.54, 1.807) is 23.0 Å². The van der Waals surface area contributed by atoms with Crippen LogP contribution in [0.15, 0.2) is 36.7 Å². The molecule has 0 bridgehead atoms. The molecule has 1 atom stereocenters. The second kappa shape index (κ2) is 4.45. The van der Waals surface area contributed by atoms with Gasteiger partial charge >= 0.3 is 0 Å². The summed E-state index contributed by atoms with van der Waals surface area (Å²) in [6.45, 7) is 2.61. The molecule has 1 aromatic carbocycles. The molecular formula is C12H14FN3. The maximum atomic E-state index is 12.7.